The van der Waals surface area contributed by atoms with Gasteiger partial charge in [-0.1, -0.05) is 24.3 Å². The molecule has 0 aliphatic heterocycles. The lowest BCUT2D eigenvalue weighted by Gasteiger charge is -2.09. The lowest BCUT2D eigenvalue weighted by atomic mass is 10.0. The number of carbonyl (C=O) groups is 2. The van der Waals surface area contributed by atoms with Gasteiger partial charge in [0.05, 0.1) is 11.3 Å². The molecule has 0 radical (unpaired) electrons. The fourth-order valence-electron chi connectivity index (χ4n) is 2.43. The monoisotopic (exact) mass is 322 g/mol. The van der Waals surface area contributed by atoms with E-state index in [0.29, 0.717) is 11.3 Å². The van der Waals surface area contributed by atoms with E-state index in [1.54, 1.807) is 37.4 Å². The molecule has 2 aromatic rings. The van der Waals surface area contributed by atoms with Crippen LogP contribution < -0.4 is 10.6 Å². The van der Waals surface area contributed by atoms with Gasteiger partial charge in [-0.05, 0) is 61.2 Å². The van der Waals surface area contributed by atoms with E-state index in [9.17, 15) is 9.59 Å². The van der Waals surface area contributed by atoms with Crippen LogP contribution in [0.25, 0.3) is 6.08 Å². The van der Waals surface area contributed by atoms with E-state index in [0.717, 1.165) is 11.1 Å². The van der Waals surface area contributed by atoms with Crippen molar-refractivity contribution in [2.24, 2.45) is 0 Å². The molecule has 0 spiro atoms. The van der Waals surface area contributed by atoms with Crippen molar-refractivity contribution in [2.75, 3.05) is 12.4 Å². The highest BCUT2D eigenvalue weighted by Gasteiger charge is 2.10. The second kappa shape index (κ2) is 7.59. The van der Waals surface area contributed by atoms with E-state index in [-0.39, 0.29) is 11.8 Å². The van der Waals surface area contributed by atoms with Crippen molar-refractivity contribution in [3.8, 4) is 0 Å². The number of anilines is 1. The van der Waals surface area contributed by atoms with Crippen molar-refractivity contribution in [3.05, 3.63) is 70.3 Å². The first-order valence-corrected chi connectivity index (χ1v) is 7.80. The molecule has 2 N–H and O–H groups in total. The van der Waals surface area contributed by atoms with Gasteiger partial charge in [0.1, 0.15) is 0 Å². The van der Waals surface area contributed by atoms with E-state index in [4.69, 9.17) is 0 Å². The Kier molecular flexibility index (Phi) is 5.53. The highest BCUT2D eigenvalue weighted by molar-refractivity contribution is 6.07. The Balaban J connectivity index is 2.17. The van der Waals surface area contributed by atoms with E-state index in [1.807, 2.05) is 13.8 Å². The number of nitrogens with one attached hydrogen (secondary N) is 2. The zero-order chi connectivity index (χ0) is 17.7. The van der Waals surface area contributed by atoms with Gasteiger partial charge in [-0.2, -0.15) is 0 Å². The minimum absolute atomic E-state index is 0.236. The lowest BCUT2D eigenvalue weighted by molar-refractivity contribution is -0.111. The van der Waals surface area contributed by atoms with Crippen LogP contribution >= 0.6 is 0 Å². The van der Waals surface area contributed by atoms with Crippen LogP contribution in [0.4, 0.5) is 5.69 Å². The van der Waals surface area contributed by atoms with Gasteiger partial charge in [0.2, 0.25) is 5.91 Å². The molecule has 24 heavy (non-hydrogen) atoms. The Morgan fingerprint density at radius 2 is 1.62 bits per heavy atom. The molecule has 0 aliphatic rings. The van der Waals surface area contributed by atoms with Crippen LogP contribution in [0.5, 0.6) is 0 Å². The molecule has 0 atom stereocenters. The Morgan fingerprint density at radius 3 is 2.33 bits per heavy atom. The van der Waals surface area contributed by atoms with E-state index in [1.165, 1.54) is 17.2 Å². The Hall–Kier alpha value is -2.88. The molecule has 0 bridgehead atoms. The number of hydrogen-bond donors (Lipinski definition) is 2. The molecule has 0 aliphatic carbocycles. The van der Waals surface area contributed by atoms with Gasteiger partial charge in [0.25, 0.3) is 5.91 Å². The average molecular weight is 322 g/mol. The molecule has 0 fully saturated rings. The first kappa shape index (κ1) is 17.5. The average Bonchev–Trinajstić information content (AvgIpc) is 2.56. The molecule has 0 saturated heterocycles. The van der Waals surface area contributed by atoms with Crippen molar-refractivity contribution in [1.82, 2.24) is 5.32 Å². The third-order valence-corrected chi connectivity index (χ3v) is 3.95. The number of benzene rings is 2. The highest BCUT2D eigenvalue weighted by atomic mass is 16.2. The molecule has 124 valence electrons. The van der Waals surface area contributed by atoms with Gasteiger partial charge >= 0.3 is 0 Å². The topological polar surface area (TPSA) is 58.2 Å². The third-order valence-electron chi connectivity index (χ3n) is 3.95. The normalized spacial score (nSPS) is 10.7. The van der Waals surface area contributed by atoms with Crippen LogP contribution in [0.2, 0.25) is 0 Å². The van der Waals surface area contributed by atoms with Crippen LogP contribution in [-0.2, 0) is 4.79 Å². The van der Waals surface area contributed by atoms with Crippen LogP contribution in [0, 0.1) is 20.8 Å². The molecule has 0 saturated carbocycles. The van der Waals surface area contributed by atoms with Crippen LogP contribution in [0.15, 0.2) is 42.5 Å². The molecule has 2 rings (SSSR count). The van der Waals surface area contributed by atoms with Gasteiger partial charge in [-0.15, -0.1) is 0 Å². The van der Waals surface area contributed by atoms with Crippen molar-refractivity contribution in [2.45, 2.75) is 20.8 Å². The maximum Gasteiger partial charge on any atom is 0.253 e. The zero-order valence-corrected chi connectivity index (χ0v) is 14.4. The first-order valence-electron chi connectivity index (χ1n) is 7.80. The second-order valence-corrected chi connectivity index (χ2v) is 5.74. The van der Waals surface area contributed by atoms with E-state index >= 15 is 0 Å². The Morgan fingerprint density at radius 1 is 0.958 bits per heavy atom. The number of rotatable bonds is 4. The third kappa shape index (κ3) is 4.10. The summed E-state index contributed by atoms with van der Waals surface area (Å²) in [6, 6.07) is 11.1. The molecule has 4 heteroatoms. The largest absolute Gasteiger partial charge is 0.355 e. The van der Waals surface area contributed by atoms with Crippen LogP contribution in [0.3, 0.4) is 0 Å². The Labute approximate surface area is 142 Å². The predicted molar refractivity (Wildman–Crippen MR) is 98.1 cm³/mol. The molecular weight excluding hydrogens is 300 g/mol. The van der Waals surface area contributed by atoms with Crippen molar-refractivity contribution >= 4 is 23.6 Å². The summed E-state index contributed by atoms with van der Waals surface area (Å²) in [7, 11) is 1.56. The molecule has 2 amide bonds. The molecule has 0 heterocycles. The predicted octanol–water partition coefficient (Wildman–Crippen LogP) is 3.62. The SMILES string of the molecule is CNC(=O)c1ccccc1NC(=O)/C=C/c1cc(C)c(C)cc1C. The summed E-state index contributed by atoms with van der Waals surface area (Å²) in [5, 5.41) is 5.32. The Bertz CT molecular complexity index is 807. The van der Waals surface area contributed by atoms with Gasteiger partial charge in [-0.3, -0.25) is 9.59 Å². The van der Waals surface area contributed by atoms with Gasteiger partial charge in [-0.25, -0.2) is 0 Å². The summed E-state index contributed by atoms with van der Waals surface area (Å²) >= 11 is 0. The quantitative estimate of drug-likeness (QED) is 0.845. The molecular formula is C20H22N2O2. The molecule has 4 nitrogen and oxygen atoms in total. The summed E-state index contributed by atoms with van der Waals surface area (Å²) in [4.78, 5) is 24.0. The minimum atomic E-state index is -0.274. The smallest absolute Gasteiger partial charge is 0.253 e. The maximum atomic E-state index is 12.2. The molecule has 0 unspecified atom stereocenters. The van der Waals surface area contributed by atoms with Crippen molar-refractivity contribution in [1.29, 1.82) is 0 Å². The second-order valence-electron chi connectivity index (χ2n) is 5.74. The van der Waals surface area contributed by atoms with Crippen molar-refractivity contribution in [3.63, 3.8) is 0 Å². The number of amides is 2. The van der Waals surface area contributed by atoms with Crippen LogP contribution in [-0.4, -0.2) is 18.9 Å². The standard InChI is InChI=1S/C20H22N2O2/c1-13-11-15(3)16(12-14(13)2)9-10-19(23)22-18-8-6-5-7-17(18)20(24)21-4/h5-12H,1-4H3,(H,21,24)(H,22,23)/b10-9+. The van der Waals surface area contributed by atoms with Crippen molar-refractivity contribution < 1.29 is 9.59 Å². The summed E-state index contributed by atoms with van der Waals surface area (Å²) in [6.07, 6.45) is 3.28. The van der Waals surface area contributed by atoms with Gasteiger partial charge < -0.3 is 10.6 Å². The number of hydrogen-bond acceptors (Lipinski definition) is 2. The van der Waals surface area contributed by atoms with E-state index in [2.05, 4.69) is 29.7 Å². The number of para-hydroxylation sites is 1. The van der Waals surface area contributed by atoms with Gasteiger partial charge in [0, 0.05) is 13.1 Å². The van der Waals surface area contributed by atoms with Gasteiger partial charge in [0.15, 0.2) is 0 Å². The van der Waals surface area contributed by atoms with E-state index < -0.39 is 0 Å². The highest BCUT2D eigenvalue weighted by Crippen LogP contribution is 2.18. The summed E-state index contributed by atoms with van der Waals surface area (Å²) in [5.74, 6) is -0.510. The minimum Gasteiger partial charge on any atom is -0.355 e. The van der Waals surface area contributed by atoms with Crippen LogP contribution in [0.1, 0.15) is 32.6 Å². The fourth-order valence-corrected chi connectivity index (χ4v) is 2.43. The fraction of sp³-hybridized carbons (Fsp3) is 0.200. The first-order chi connectivity index (χ1) is 11.4. The summed E-state index contributed by atoms with van der Waals surface area (Å²) < 4.78 is 0. The molecule has 2 aromatic carbocycles. The lowest BCUT2D eigenvalue weighted by Crippen LogP contribution is -2.20. The number of carbonyl (C=O) groups excluding carboxylic acids is 2. The summed E-state index contributed by atoms with van der Waals surface area (Å²) in [5.41, 5.74) is 5.47. The maximum absolute atomic E-state index is 12.2. The summed E-state index contributed by atoms with van der Waals surface area (Å²) in [6.45, 7) is 6.13. The molecule has 0 aromatic heterocycles. The number of aryl methyl sites for hydroxylation is 3. The zero-order valence-electron chi connectivity index (χ0n) is 14.4.